The van der Waals surface area contributed by atoms with Gasteiger partial charge in [-0.15, -0.1) is 0 Å². The van der Waals surface area contributed by atoms with Gasteiger partial charge >= 0.3 is 6.18 Å². The number of fused-ring (bicyclic) bond motifs is 1. The maximum Gasteiger partial charge on any atom is 0.433 e. The van der Waals surface area contributed by atoms with Crippen LogP contribution in [0.1, 0.15) is 37.1 Å². The molecular weight excluding hydrogens is 861 g/mol. The predicted molar refractivity (Wildman–Crippen MR) is 224 cm³/mol. The van der Waals surface area contributed by atoms with Crippen molar-refractivity contribution in [3.05, 3.63) is 70.5 Å². The molecule has 4 rings (SSSR count). The van der Waals surface area contributed by atoms with Gasteiger partial charge in [0, 0.05) is 36.5 Å². The Morgan fingerprint density at radius 1 is 0.758 bits per heavy atom. The number of benzene rings is 2. The van der Waals surface area contributed by atoms with Gasteiger partial charge in [0.2, 0.25) is 0 Å². The fourth-order valence-corrected chi connectivity index (χ4v) is 8.06. The Morgan fingerprint density at radius 3 is 1.73 bits per heavy atom. The van der Waals surface area contributed by atoms with Gasteiger partial charge in [0.1, 0.15) is 22.9 Å². The van der Waals surface area contributed by atoms with Crippen LogP contribution in [0.2, 0.25) is 5.02 Å². The van der Waals surface area contributed by atoms with Gasteiger partial charge in [-0.2, -0.15) is 18.4 Å². The maximum atomic E-state index is 14.6. The van der Waals surface area contributed by atoms with E-state index in [1.165, 1.54) is 16.4 Å². The number of hydrogen-bond acceptors (Lipinski definition) is 14. The highest BCUT2D eigenvalue weighted by atomic mass is 35.5. The van der Waals surface area contributed by atoms with E-state index in [0.29, 0.717) is 111 Å². The quantitative estimate of drug-likeness (QED) is 0.0811. The van der Waals surface area contributed by atoms with Crippen LogP contribution in [0.5, 0.6) is 5.75 Å². The zero-order valence-electron chi connectivity index (χ0n) is 35.1. The molecule has 0 atom stereocenters. The third-order valence-electron chi connectivity index (χ3n) is 9.40. The molecular formula is C42H56ClF3N4O11S. The monoisotopic (exact) mass is 916 g/mol. The number of alkyl halides is 3. The van der Waals surface area contributed by atoms with Crippen LogP contribution < -0.4 is 14.8 Å². The Hall–Kier alpha value is -3.65. The molecule has 0 spiro atoms. The summed E-state index contributed by atoms with van der Waals surface area (Å²) in [6, 6.07) is 12.0. The van der Waals surface area contributed by atoms with E-state index >= 15 is 0 Å². The first-order chi connectivity index (χ1) is 29.8. The minimum absolute atomic E-state index is 0.00596. The van der Waals surface area contributed by atoms with E-state index in [9.17, 15) is 26.9 Å². The van der Waals surface area contributed by atoms with Crippen LogP contribution in [0.25, 0.3) is 11.1 Å². The highest BCUT2D eigenvalue weighted by Gasteiger charge is 2.39. The number of aromatic nitrogens is 1. The van der Waals surface area contributed by atoms with Gasteiger partial charge in [-0.25, -0.2) is 8.42 Å². The molecule has 1 aliphatic rings. The summed E-state index contributed by atoms with van der Waals surface area (Å²) in [5, 5.41) is 9.71. The van der Waals surface area contributed by atoms with E-state index in [1.54, 1.807) is 18.2 Å². The van der Waals surface area contributed by atoms with Crippen molar-refractivity contribution in [3.63, 3.8) is 0 Å². The molecule has 62 heavy (non-hydrogen) atoms. The molecule has 344 valence electrons. The summed E-state index contributed by atoms with van der Waals surface area (Å²) in [4.78, 5) is 3.20. The molecule has 0 aliphatic carbocycles. The SMILES string of the molecule is CC1(C)CCN(S(=O)(=O)c2cc(-c3cnc(C(F)(F)F)cc3C#N)c(Cl)cc2OCCOCCOCCOCCOCCOCCOCCOCCOCCN)c2ccccc21. The largest absolute Gasteiger partial charge is 0.490 e. The highest BCUT2D eigenvalue weighted by Crippen LogP contribution is 2.45. The molecule has 15 nitrogen and oxygen atoms in total. The zero-order chi connectivity index (χ0) is 44.9. The number of ether oxygens (including phenoxy) is 9. The number of sulfonamides is 1. The first-order valence-corrected chi connectivity index (χ1v) is 22.0. The molecule has 0 saturated carbocycles. The summed E-state index contributed by atoms with van der Waals surface area (Å²) < 4.78 is 120. The van der Waals surface area contributed by atoms with Gasteiger partial charge in [0.15, 0.2) is 0 Å². The molecule has 0 unspecified atom stereocenters. The molecule has 1 aromatic heterocycles. The highest BCUT2D eigenvalue weighted by molar-refractivity contribution is 7.93. The smallest absolute Gasteiger partial charge is 0.433 e. The summed E-state index contributed by atoms with van der Waals surface area (Å²) in [5.41, 5.74) is 4.61. The van der Waals surface area contributed by atoms with Crippen molar-refractivity contribution in [1.82, 2.24) is 4.98 Å². The molecule has 2 N–H and O–H groups in total. The number of pyridine rings is 1. The van der Waals surface area contributed by atoms with Crippen molar-refractivity contribution in [2.75, 3.05) is 130 Å². The van der Waals surface area contributed by atoms with E-state index in [4.69, 9.17) is 60.0 Å². The summed E-state index contributed by atoms with van der Waals surface area (Å²) in [5.74, 6) is -0.1000. The summed E-state index contributed by atoms with van der Waals surface area (Å²) >= 11 is 6.63. The number of para-hydroxylation sites is 1. The fourth-order valence-electron chi connectivity index (χ4n) is 6.18. The fraction of sp³-hybridized carbons (Fsp3) is 0.571. The third kappa shape index (κ3) is 15.9. The molecule has 0 saturated heterocycles. The molecule has 2 heterocycles. The number of nitriles is 1. The summed E-state index contributed by atoms with van der Waals surface area (Å²) in [7, 11) is -4.37. The normalized spacial score (nSPS) is 13.9. The lowest BCUT2D eigenvalue weighted by Crippen LogP contribution is -2.41. The van der Waals surface area contributed by atoms with Gasteiger partial charge in [-0.05, 0) is 35.6 Å². The lowest BCUT2D eigenvalue weighted by molar-refractivity contribution is -0.141. The van der Waals surface area contributed by atoms with Crippen molar-refractivity contribution in [1.29, 1.82) is 5.26 Å². The van der Waals surface area contributed by atoms with E-state index in [-0.39, 0.29) is 70.7 Å². The molecule has 0 radical (unpaired) electrons. The van der Waals surface area contributed by atoms with Crippen molar-refractivity contribution >= 4 is 27.3 Å². The van der Waals surface area contributed by atoms with Crippen molar-refractivity contribution in [2.24, 2.45) is 5.73 Å². The van der Waals surface area contributed by atoms with Crippen LogP contribution in [0, 0.1) is 11.3 Å². The minimum Gasteiger partial charge on any atom is -0.490 e. The Morgan fingerprint density at radius 2 is 1.24 bits per heavy atom. The lowest BCUT2D eigenvalue weighted by atomic mass is 9.78. The maximum absolute atomic E-state index is 14.6. The Balaban J connectivity index is 1.20. The molecule has 3 aromatic rings. The van der Waals surface area contributed by atoms with Crippen molar-refractivity contribution in [2.45, 2.75) is 36.8 Å². The van der Waals surface area contributed by atoms with Gasteiger partial charge in [0.05, 0.1) is 128 Å². The van der Waals surface area contributed by atoms with Crippen LogP contribution in [-0.2, 0) is 59.5 Å². The first kappa shape index (κ1) is 51.0. The lowest BCUT2D eigenvalue weighted by Gasteiger charge is -2.39. The Bertz CT molecular complexity index is 1970. The molecule has 0 amide bonds. The van der Waals surface area contributed by atoms with Gasteiger partial charge in [0.25, 0.3) is 10.0 Å². The molecule has 20 heteroatoms. The van der Waals surface area contributed by atoms with Crippen LogP contribution >= 0.6 is 11.6 Å². The number of anilines is 1. The molecule has 1 aliphatic heterocycles. The van der Waals surface area contributed by atoms with Gasteiger partial charge in [-0.1, -0.05) is 43.6 Å². The van der Waals surface area contributed by atoms with Crippen LogP contribution in [0.4, 0.5) is 18.9 Å². The standard InChI is InChI=1S/C42H56ClF3N4O11S/c1-41(2)7-9-50(37-6-4-3-5-35(37)41)62(51,52)39-28-33(34-31-49-40(42(44,45)46)27-32(34)30-48)36(43)29-38(39)61-26-25-60-24-23-59-22-21-58-20-19-57-18-17-56-16-15-55-14-13-54-12-11-53-10-8-47/h3-6,27-29,31H,7-26,47H2,1-2H3. The number of rotatable bonds is 30. The zero-order valence-corrected chi connectivity index (χ0v) is 36.7. The second-order valence-corrected chi connectivity index (χ2v) is 16.5. The number of hydrogen-bond donors (Lipinski definition) is 1. The first-order valence-electron chi connectivity index (χ1n) is 20.2. The van der Waals surface area contributed by atoms with Crippen LogP contribution in [0.15, 0.2) is 53.6 Å². The second-order valence-electron chi connectivity index (χ2n) is 14.3. The topological polar surface area (TPSA) is 183 Å². The van der Waals surface area contributed by atoms with E-state index in [2.05, 4.69) is 4.98 Å². The average molecular weight is 917 g/mol. The summed E-state index contributed by atoms with van der Waals surface area (Å²) in [6.45, 7) is 11.0. The summed E-state index contributed by atoms with van der Waals surface area (Å²) in [6.07, 6.45) is -3.43. The number of nitrogens with two attached hydrogens (primary N) is 1. The minimum atomic E-state index is -4.80. The van der Waals surface area contributed by atoms with Gasteiger partial charge < -0.3 is 48.4 Å². The van der Waals surface area contributed by atoms with E-state index in [0.717, 1.165) is 11.8 Å². The molecule has 0 bridgehead atoms. The molecule has 0 fully saturated rings. The second kappa shape index (κ2) is 26.2. The Labute approximate surface area is 366 Å². The van der Waals surface area contributed by atoms with Crippen molar-refractivity contribution in [3.8, 4) is 22.9 Å². The number of nitrogens with zero attached hydrogens (tertiary/aromatic N) is 3. The van der Waals surface area contributed by atoms with E-state index < -0.39 is 21.9 Å². The predicted octanol–water partition coefficient (Wildman–Crippen LogP) is 5.64. The average Bonchev–Trinajstić information content (AvgIpc) is 3.24. The van der Waals surface area contributed by atoms with Crippen LogP contribution in [-0.4, -0.2) is 139 Å². The Kier molecular flexibility index (Phi) is 21.6. The third-order valence-corrected chi connectivity index (χ3v) is 11.5. The van der Waals surface area contributed by atoms with Gasteiger partial charge in [-0.3, -0.25) is 9.29 Å². The number of halogens is 4. The van der Waals surface area contributed by atoms with E-state index in [1.807, 2.05) is 26.0 Å². The van der Waals surface area contributed by atoms with Crippen LogP contribution in [0.3, 0.4) is 0 Å². The van der Waals surface area contributed by atoms with Crippen molar-refractivity contribution < 1.29 is 64.2 Å². The molecule has 2 aromatic carbocycles.